The number of amides is 1. The number of nitrogens with zero attached hydrogens (tertiary/aromatic N) is 3. The van der Waals surface area contributed by atoms with Gasteiger partial charge in [0.05, 0.1) is 5.60 Å². The quantitative estimate of drug-likeness (QED) is 0.701. The van der Waals surface area contributed by atoms with Crippen LogP contribution in [0.4, 0.5) is 0 Å². The fourth-order valence-corrected chi connectivity index (χ4v) is 3.76. The number of carbonyl (C=O) groups is 1. The lowest BCUT2D eigenvalue weighted by atomic mass is 9.79. The van der Waals surface area contributed by atoms with Crippen molar-refractivity contribution in [2.75, 3.05) is 47.0 Å². The van der Waals surface area contributed by atoms with Gasteiger partial charge in [0, 0.05) is 59.3 Å². The van der Waals surface area contributed by atoms with Crippen LogP contribution in [0, 0.1) is 5.92 Å². The smallest absolute Gasteiger partial charge is 0.248 e. The molecule has 0 bridgehead atoms. The summed E-state index contributed by atoms with van der Waals surface area (Å²) < 4.78 is 11.7. The Hall–Kier alpha value is -1.50. The van der Waals surface area contributed by atoms with Gasteiger partial charge >= 0.3 is 0 Å². The lowest BCUT2D eigenvalue weighted by Crippen LogP contribution is -2.64. The van der Waals surface area contributed by atoms with Crippen LogP contribution in [0.1, 0.15) is 24.8 Å². The summed E-state index contributed by atoms with van der Waals surface area (Å²) in [5, 5.41) is 0. The van der Waals surface area contributed by atoms with Gasteiger partial charge in [-0.3, -0.25) is 14.7 Å². The molecule has 1 amide bonds. The molecule has 0 radical (unpaired) electrons. The predicted octanol–water partition coefficient (Wildman–Crippen LogP) is 1.56. The molecule has 1 unspecified atom stereocenters. The van der Waals surface area contributed by atoms with Crippen molar-refractivity contribution in [1.29, 1.82) is 0 Å². The topological polar surface area (TPSA) is 54.9 Å². The number of rotatable bonds is 7. The van der Waals surface area contributed by atoms with Crippen molar-refractivity contribution in [2.45, 2.75) is 31.4 Å². The summed E-state index contributed by atoms with van der Waals surface area (Å²) >= 11 is 0. The minimum Gasteiger partial charge on any atom is -0.372 e. The first-order chi connectivity index (χ1) is 12.1. The van der Waals surface area contributed by atoms with E-state index in [4.69, 9.17) is 9.47 Å². The van der Waals surface area contributed by atoms with Gasteiger partial charge in [-0.2, -0.15) is 0 Å². The number of carbonyl (C=O) groups excluding carboxylic acids is 1. The molecule has 1 spiro atoms. The summed E-state index contributed by atoms with van der Waals surface area (Å²) in [6.07, 6.45) is 6.90. The van der Waals surface area contributed by atoms with Gasteiger partial charge < -0.3 is 14.4 Å². The zero-order chi connectivity index (χ0) is 17.7. The summed E-state index contributed by atoms with van der Waals surface area (Å²) in [6, 6.07) is 4.14. The fraction of sp³-hybridized carbons (Fsp3) is 0.684. The molecular weight excluding hydrogens is 318 g/mol. The van der Waals surface area contributed by atoms with E-state index in [1.165, 1.54) is 5.56 Å². The molecule has 1 atom stereocenters. The number of likely N-dealkylation sites (tertiary alicyclic amines) is 1. The standard InChI is InChI=1S/C19H29N3O3/c1-21(2)18(23)13-24-9-5-16-6-10-25-19(11-16)14-22(15-19)12-17-3-7-20-8-4-17/h3-4,7-8,16H,5-6,9-15H2,1-2H3. The summed E-state index contributed by atoms with van der Waals surface area (Å²) in [4.78, 5) is 19.6. The number of ether oxygens (including phenoxy) is 2. The maximum Gasteiger partial charge on any atom is 0.248 e. The molecule has 1 aromatic rings. The first kappa shape index (κ1) is 18.3. The molecule has 0 saturated carbocycles. The molecule has 6 nitrogen and oxygen atoms in total. The van der Waals surface area contributed by atoms with E-state index >= 15 is 0 Å². The fourth-order valence-electron chi connectivity index (χ4n) is 3.76. The van der Waals surface area contributed by atoms with Crippen LogP contribution in [0.3, 0.4) is 0 Å². The lowest BCUT2D eigenvalue weighted by Gasteiger charge is -2.53. The normalized spacial score (nSPS) is 22.6. The highest BCUT2D eigenvalue weighted by Crippen LogP contribution is 2.38. The molecule has 3 heterocycles. The molecule has 0 N–H and O–H groups in total. The number of pyridine rings is 1. The second kappa shape index (κ2) is 8.25. The molecule has 2 saturated heterocycles. The summed E-state index contributed by atoms with van der Waals surface area (Å²) in [5.74, 6) is 0.653. The monoisotopic (exact) mass is 347 g/mol. The lowest BCUT2D eigenvalue weighted by molar-refractivity contribution is -0.182. The molecule has 2 fully saturated rings. The second-order valence-electron chi connectivity index (χ2n) is 7.52. The third-order valence-corrected chi connectivity index (χ3v) is 5.17. The van der Waals surface area contributed by atoms with E-state index < -0.39 is 0 Å². The van der Waals surface area contributed by atoms with E-state index in [1.54, 1.807) is 19.0 Å². The molecule has 25 heavy (non-hydrogen) atoms. The molecule has 2 aliphatic heterocycles. The highest BCUT2D eigenvalue weighted by Gasteiger charge is 2.47. The Bertz CT molecular complexity index is 558. The third-order valence-electron chi connectivity index (χ3n) is 5.17. The Morgan fingerprint density at radius 1 is 1.40 bits per heavy atom. The Morgan fingerprint density at radius 2 is 2.16 bits per heavy atom. The predicted molar refractivity (Wildman–Crippen MR) is 95.1 cm³/mol. The van der Waals surface area contributed by atoms with Crippen LogP contribution in [-0.2, 0) is 20.8 Å². The van der Waals surface area contributed by atoms with E-state index in [9.17, 15) is 4.79 Å². The summed E-state index contributed by atoms with van der Waals surface area (Å²) in [7, 11) is 3.50. The van der Waals surface area contributed by atoms with Gasteiger partial charge in [-0.25, -0.2) is 0 Å². The average molecular weight is 347 g/mol. The van der Waals surface area contributed by atoms with Gasteiger partial charge in [0.15, 0.2) is 0 Å². The number of hydrogen-bond donors (Lipinski definition) is 0. The van der Waals surface area contributed by atoms with Gasteiger partial charge in [0.2, 0.25) is 5.91 Å². The molecule has 0 aliphatic carbocycles. The van der Waals surface area contributed by atoms with Crippen molar-refractivity contribution < 1.29 is 14.3 Å². The van der Waals surface area contributed by atoms with Crippen molar-refractivity contribution in [1.82, 2.24) is 14.8 Å². The van der Waals surface area contributed by atoms with E-state index in [-0.39, 0.29) is 18.1 Å². The summed E-state index contributed by atoms with van der Waals surface area (Å²) in [5.41, 5.74) is 1.34. The molecule has 0 aromatic carbocycles. The van der Waals surface area contributed by atoms with E-state index in [0.29, 0.717) is 12.5 Å². The number of aromatic nitrogens is 1. The van der Waals surface area contributed by atoms with Crippen molar-refractivity contribution in [3.63, 3.8) is 0 Å². The SMILES string of the molecule is CN(C)C(=O)COCCC1CCOC2(C1)CN(Cc1ccncc1)C2. The minimum absolute atomic E-state index is 0.0224. The zero-order valence-electron chi connectivity index (χ0n) is 15.3. The van der Waals surface area contributed by atoms with Gasteiger partial charge in [0.25, 0.3) is 0 Å². The molecular formula is C19H29N3O3. The third kappa shape index (κ3) is 5.00. The first-order valence-corrected chi connectivity index (χ1v) is 9.09. The minimum atomic E-state index is 0.0224. The summed E-state index contributed by atoms with van der Waals surface area (Å²) in [6.45, 7) is 4.65. The Labute approximate surface area is 150 Å². The highest BCUT2D eigenvalue weighted by atomic mass is 16.5. The number of hydrogen-bond acceptors (Lipinski definition) is 5. The Morgan fingerprint density at radius 3 is 2.88 bits per heavy atom. The van der Waals surface area contributed by atoms with E-state index in [2.05, 4.69) is 22.0 Å². The Kier molecular flexibility index (Phi) is 6.04. The van der Waals surface area contributed by atoms with E-state index in [0.717, 1.165) is 45.5 Å². The molecule has 138 valence electrons. The van der Waals surface area contributed by atoms with Gasteiger partial charge in [-0.05, 0) is 42.9 Å². The molecule has 2 aliphatic rings. The molecule has 6 heteroatoms. The van der Waals surface area contributed by atoms with Crippen LogP contribution < -0.4 is 0 Å². The van der Waals surface area contributed by atoms with Crippen LogP contribution in [0.15, 0.2) is 24.5 Å². The van der Waals surface area contributed by atoms with Crippen molar-refractivity contribution >= 4 is 5.91 Å². The first-order valence-electron chi connectivity index (χ1n) is 9.09. The van der Waals surface area contributed by atoms with Crippen molar-refractivity contribution in [2.24, 2.45) is 5.92 Å². The van der Waals surface area contributed by atoms with Crippen LogP contribution in [0.5, 0.6) is 0 Å². The second-order valence-corrected chi connectivity index (χ2v) is 7.52. The number of likely N-dealkylation sites (N-methyl/N-ethyl adjacent to an activating group) is 1. The van der Waals surface area contributed by atoms with Crippen molar-refractivity contribution in [3.05, 3.63) is 30.1 Å². The van der Waals surface area contributed by atoms with Gasteiger partial charge in [-0.15, -0.1) is 0 Å². The molecule has 1 aromatic heterocycles. The maximum absolute atomic E-state index is 11.5. The average Bonchev–Trinajstić information content (AvgIpc) is 2.58. The van der Waals surface area contributed by atoms with Crippen LogP contribution in [-0.4, -0.2) is 73.3 Å². The van der Waals surface area contributed by atoms with Crippen LogP contribution >= 0.6 is 0 Å². The highest BCUT2D eigenvalue weighted by molar-refractivity contribution is 5.76. The Balaban J connectivity index is 1.37. The van der Waals surface area contributed by atoms with E-state index in [1.807, 2.05) is 12.4 Å². The maximum atomic E-state index is 11.5. The molecule has 3 rings (SSSR count). The van der Waals surface area contributed by atoms with Gasteiger partial charge in [0.1, 0.15) is 6.61 Å². The zero-order valence-corrected chi connectivity index (χ0v) is 15.3. The largest absolute Gasteiger partial charge is 0.372 e. The van der Waals surface area contributed by atoms with Crippen LogP contribution in [0.25, 0.3) is 0 Å². The van der Waals surface area contributed by atoms with Crippen LogP contribution in [0.2, 0.25) is 0 Å². The van der Waals surface area contributed by atoms with Gasteiger partial charge in [-0.1, -0.05) is 0 Å². The van der Waals surface area contributed by atoms with Crippen molar-refractivity contribution in [3.8, 4) is 0 Å².